The van der Waals surface area contributed by atoms with Gasteiger partial charge in [-0.2, -0.15) is 0 Å². The van der Waals surface area contributed by atoms with Gasteiger partial charge in [-0.1, -0.05) is 97.1 Å². The Hall–Kier alpha value is -3.13. The molecule has 118 valence electrons. The summed E-state index contributed by atoms with van der Waals surface area (Å²) in [5, 5.41) is 9.77. The first-order valence-electron chi connectivity index (χ1n) is 7.85. The molecule has 0 saturated heterocycles. The van der Waals surface area contributed by atoms with Crippen LogP contribution in [0.1, 0.15) is 28.2 Å². The van der Waals surface area contributed by atoms with E-state index in [-0.39, 0.29) is 0 Å². The third kappa shape index (κ3) is 3.61. The SMILES string of the molecule is O=C(O)C(c1ccccc1)c1ccccc1C=Cc1ccccc1. The molecule has 0 aliphatic carbocycles. The first-order chi connectivity index (χ1) is 11.8. The minimum Gasteiger partial charge on any atom is -0.481 e. The topological polar surface area (TPSA) is 37.3 Å². The summed E-state index contributed by atoms with van der Waals surface area (Å²) in [7, 11) is 0. The maximum Gasteiger partial charge on any atom is 0.315 e. The van der Waals surface area contributed by atoms with Crippen LogP contribution in [0.5, 0.6) is 0 Å². The van der Waals surface area contributed by atoms with Crippen LogP contribution in [0.2, 0.25) is 0 Å². The number of benzene rings is 3. The quantitative estimate of drug-likeness (QED) is 0.667. The average molecular weight is 314 g/mol. The van der Waals surface area contributed by atoms with Crippen LogP contribution in [0.3, 0.4) is 0 Å². The minimum absolute atomic E-state index is 0.678. The molecular formula is C22H18O2. The van der Waals surface area contributed by atoms with Crippen molar-refractivity contribution in [1.82, 2.24) is 0 Å². The molecule has 3 rings (SSSR count). The molecule has 1 atom stereocenters. The van der Waals surface area contributed by atoms with Gasteiger partial charge in [0, 0.05) is 0 Å². The predicted molar refractivity (Wildman–Crippen MR) is 97.7 cm³/mol. The van der Waals surface area contributed by atoms with Gasteiger partial charge in [0.25, 0.3) is 0 Å². The van der Waals surface area contributed by atoms with E-state index in [2.05, 4.69) is 0 Å². The van der Waals surface area contributed by atoms with Crippen LogP contribution in [-0.4, -0.2) is 11.1 Å². The number of carbonyl (C=O) groups is 1. The summed E-state index contributed by atoms with van der Waals surface area (Å²) in [6.45, 7) is 0. The second kappa shape index (κ2) is 7.42. The predicted octanol–water partition coefficient (Wildman–Crippen LogP) is 5.07. The Kier molecular flexibility index (Phi) is 4.87. The van der Waals surface area contributed by atoms with Crippen molar-refractivity contribution in [3.8, 4) is 0 Å². The molecule has 0 amide bonds. The highest BCUT2D eigenvalue weighted by atomic mass is 16.4. The first-order valence-corrected chi connectivity index (χ1v) is 7.85. The van der Waals surface area contributed by atoms with Gasteiger partial charge in [0.1, 0.15) is 5.92 Å². The number of hydrogen-bond acceptors (Lipinski definition) is 1. The number of rotatable bonds is 5. The highest BCUT2D eigenvalue weighted by Crippen LogP contribution is 2.28. The summed E-state index contributed by atoms with van der Waals surface area (Å²) >= 11 is 0. The maximum atomic E-state index is 11.9. The molecule has 0 heterocycles. The third-order valence-corrected chi connectivity index (χ3v) is 3.94. The van der Waals surface area contributed by atoms with Crippen molar-refractivity contribution in [3.05, 3.63) is 107 Å². The monoisotopic (exact) mass is 314 g/mol. The highest BCUT2D eigenvalue weighted by Gasteiger charge is 2.23. The molecule has 0 saturated carbocycles. The Labute approximate surface area is 141 Å². The van der Waals surface area contributed by atoms with Gasteiger partial charge >= 0.3 is 5.97 Å². The van der Waals surface area contributed by atoms with E-state index in [0.717, 1.165) is 22.3 Å². The molecule has 0 aromatic heterocycles. The number of carboxylic acid groups (broad SMARTS) is 1. The fourth-order valence-electron chi connectivity index (χ4n) is 2.78. The van der Waals surface area contributed by atoms with Crippen LogP contribution in [0.15, 0.2) is 84.9 Å². The van der Waals surface area contributed by atoms with E-state index >= 15 is 0 Å². The molecule has 2 heteroatoms. The van der Waals surface area contributed by atoms with Crippen molar-refractivity contribution >= 4 is 18.1 Å². The summed E-state index contributed by atoms with van der Waals surface area (Å²) < 4.78 is 0. The van der Waals surface area contributed by atoms with Crippen LogP contribution in [0.25, 0.3) is 12.2 Å². The van der Waals surface area contributed by atoms with Gasteiger partial charge in [-0.25, -0.2) is 0 Å². The minimum atomic E-state index is -0.846. The van der Waals surface area contributed by atoms with E-state index in [1.165, 1.54) is 0 Å². The van der Waals surface area contributed by atoms with Crippen molar-refractivity contribution in [3.63, 3.8) is 0 Å². The van der Waals surface area contributed by atoms with Crippen molar-refractivity contribution in [2.75, 3.05) is 0 Å². The summed E-state index contributed by atoms with van der Waals surface area (Å²) in [4.78, 5) is 11.9. The van der Waals surface area contributed by atoms with Crippen LogP contribution >= 0.6 is 0 Å². The van der Waals surface area contributed by atoms with Gasteiger partial charge in [-0.15, -0.1) is 0 Å². The normalized spacial score (nSPS) is 12.2. The Bertz CT molecular complexity index is 836. The molecule has 0 bridgehead atoms. The lowest BCUT2D eigenvalue weighted by Crippen LogP contribution is -2.14. The smallest absolute Gasteiger partial charge is 0.315 e. The Morgan fingerprint density at radius 2 is 1.33 bits per heavy atom. The molecular weight excluding hydrogens is 296 g/mol. The van der Waals surface area contributed by atoms with Gasteiger partial charge in [-0.05, 0) is 22.3 Å². The molecule has 0 aliphatic rings. The zero-order valence-corrected chi connectivity index (χ0v) is 13.2. The van der Waals surface area contributed by atoms with Gasteiger partial charge in [-0.3, -0.25) is 4.79 Å². The fourth-order valence-corrected chi connectivity index (χ4v) is 2.78. The summed E-state index contributed by atoms with van der Waals surface area (Å²) in [6.07, 6.45) is 3.98. The first kappa shape index (κ1) is 15.8. The van der Waals surface area contributed by atoms with Gasteiger partial charge in [0.15, 0.2) is 0 Å². The Morgan fingerprint density at radius 1 is 0.750 bits per heavy atom. The lowest BCUT2D eigenvalue weighted by atomic mass is 9.88. The zero-order chi connectivity index (χ0) is 16.8. The van der Waals surface area contributed by atoms with Crippen molar-refractivity contribution in [2.45, 2.75) is 5.92 Å². The number of hydrogen-bond donors (Lipinski definition) is 1. The van der Waals surface area contributed by atoms with E-state index in [1.54, 1.807) is 0 Å². The molecule has 3 aromatic rings. The van der Waals surface area contributed by atoms with Gasteiger partial charge in [0.2, 0.25) is 0 Å². The second-order valence-electron chi connectivity index (χ2n) is 5.55. The fraction of sp³-hybridized carbons (Fsp3) is 0.0455. The lowest BCUT2D eigenvalue weighted by molar-refractivity contribution is -0.137. The van der Waals surface area contributed by atoms with Gasteiger partial charge in [0.05, 0.1) is 0 Å². The molecule has 1 unspecified atom stereocenters. The third-order valence-electron chi connectivity index (χ3n) is 3.94. The molecule has 24 heavy (non-hydrogen) atoms. The van der Waals surface area contributed by atoms with Crippen LogP contribution < -0.4 is 0 Å². The zero-order valence-electron chi connectivity index (χ0n) is 13.2. The molecule has 1 N–H and O–H groups in total. The molecule has 2 nitrogen and oxygen atoms in total. The van der Waals surface area contributed by atoms with Crippen LogP contribution in [0.4, 0.5) is 0 Å². The van der Waals surface area contributed by atoms with Crippen molar-refractivity contribution in [1.29, 1.82) is 0 Å². The number of aliphatic carboxylic acids is 1. The maximum absolute atomic E-state index is 11.9. The number of carboxylic acids is 1. The van der Waals surface area contributed by atoms with Crippen molar-refractivity contribution in [2.24, 2.45) is 0 Å². The van der Waals surface area contributed by atoms with Gasteiger partial charge < -0.3 is 5.11 Å². The summed E-state index contributed by atoms with van der Waals surface area (Å²) in [5.74, 6) is -1.52. The largest absolute Gasteiger partial charge is 0.481 e. The summed E-state index contributed by atoms with van der Waals surface area (Å²) in [5.41, 5.74) is 3.57. The molecule has 3 aromatic carbocycles. The van der Waals surface area contributed by atoms with Crippen LogP contribution in [-0.2, 0) is 4.79 Å². The van der Waals surface area contributed by atoms with E-state index in [4.69, 9.17) is 0 Å². The molecule has 0 radical (unpaired) electrons. The van der Waals surface area contributed by atoms with E-state index in [1.807, 2.05) is 97.1 Å². The van der Waals surface area contributed by atoms with E-state index in [0.29, 0.717) is 0 Å². The van der Waals surface area contributed by atoms with E-state index < -0.39 is 11.9 Å². The summed E-state index contributed by atoms with van der Waals surface area (Å²) in [6, 6.07) is 27.0. The van der Waals surface area contributed by atoms with Crippen LogP contribution in [0, 0.1) is 0 Å². The lowest BCUT2D eigenvalue weighted by Gasteiger charge is -2.16. The average Bonchev–Trinajstić information content (AvgIpc) is 2.63. The van der Waals surface area contributed by atoms with E-state index in [9.17, 15) is 9.90 Å². The van der Waals surface area contributed by atoms with Crippen molar-refractivity contribution < 1.29 is 9.90 Å². The molecule has 0 fully saturated rings. The molecule has 0 aliphatic heterocycles. The Balaban J connectivity index is 2.01. The standard InChI is InChI=1S/C22H18O2/c23-22(24)21(19-12-5-2-6-13-19)20-14-8-7-11-18(20)16-15-17-9-3-1-4-10-17/h1-16,21H,(H,23,24). The Morgan fingerprint density at radius 3 is 2.00 bits per heavy atom. The molecule has 0 spiro atoms. The highest BCUT2D eigenvalue weighted by molar-refractivity contribution is 5.83. The second-order valence-corrected chi connectivity index (χ2v) is 5.55.